The lowest BCUT2D eigenvalue weighted by Crippen LogP contribution is -1.93. The average Bonchev–Trinajstić information content (AvgIpc) is 2.06. The Kier molecular flexibility index (Phi) is 2.59. The molecule has 1 heterocycles. The first-order valence-electron chi connectivity index (χ1n) is 3.29. The van der Waals surface area contributed by atoms with Gasteiger partial charge in [0, 0.05) is 0 Å². The molecule has 11 heavy (non-hydrogen) atoms. The van der Waals surface area contributed by atoms with Crippen LogP contribution in [0.5, 0.6) is 0 Å². The van der Waals surface area contributed by atoms with Gasteiger partial charge in [-0.3, -0.25) is 4.98 Å². The topological polar surface area (TPSA) is 56.9 Å². The summed E-state index contributed by atoms with van der Waals surface area (Å²) in [7, 11) is 0. The molecule has 0 aliphatic carbocycles. The molecule has 1 aromatic rings. The molecule has 0 radical (unpaired) electrons. The number of hydrogen-bond acceptors (Lipinski definition) is 3. The van der Waals surface area contributed by atoms with Crippen LogP contribution in [0.3, 0.4) is 0 Å². The summed E-state index contributed by atoms with van der Waals surface area (Å²) in [5.74, 6) is 0. The van der Waals surface area contributed by atoms with Crippen molar-refractivity contribution in [2.75, 3.05) is 0 Å². The average molecular weight is 148 g/mol. The van der Waals surface area contributed by atoms with Crippen LogP contribution in [0.4, 0.5) is 0 Å². The zero-order valence-electron chi connectivity index (χ0n) is 5.99. The highest BCUT2D eigenvalue weighted by Gasteiger charge is 1.94. The molecular formula is C8H8N2O. The molecule has 0 spiro atoms. The van der Waals surface area contributed by atoms with E-state index >= 15 is 0 Å². The Hall–Kier alpha value is -1.40. The van der Waals surface area contributed by atoms with Crippen molar-refractivity contribution in [3.05, 3.63) is 29.6 Å². The van der Waals surface area contributed by atoms with Crippen molar-refractivity contribution in [3.8, 4) is 6.07 Å². The molecule has 3 nitrogen and oxygen atoms in total. The fraction of sp³-hybridized carbons (Fsp3) is 0.250. The van der Waals surface area contributed by atoms with Gasteiger partial charge in [-0.15, -0.1) is 0 Å². The molecule has 0 atom stereocenters. The molecule has 0 aliphatic rings. The summed E-state index contributed by atoms with van der Waals surface area (Å²) in [6, 6.07) is 7.26. The molecule has 1 rings (SSSR count). The minimum Gasteiger partial charge on any atom is -0.390 e. The van der Waals surface area contributed by atoms with Gasteiger partial charge in [-0.2, -0.15) is 5.26 Å². The second kappa shape index (κ2) is 3.69. The number of hydrogen-bond donors (Lipinski definition) is 1. The van der Waals surface area contributed by atoms with E-state index in [-0.39, 0.29) is 6.61 Å². The lowest BCUT2D eigenvalue weighted by atomic mass is 10.2. The van der Waals surface area contributed by atoms with Crippen LogP contribution >= 0.6 is 0 Å². The Morgan fingerprint density at radius 3 is 2.82 bits per heavy atom. The van der Waals surface area contributed by atoms with Gasteiger partial charge in [0.25, 0.3) is 0 Å². The highest BCUT2D eigenvalue weighted by atomic mass is 16.3. The molecule has 56 valence electrons. The molecule has 0 fully saturated rings. The van der Waals surface area contributed by atoms with Crippen LogP contribution in [0.1, 0.15) is 11.4 Å². The maximum Gasteiger partial charge on any atom is 0.0853 e. The van der Waals surface area contributed by atoms with E-state index in [4.69, 9.17) is 10.4 Å². The largest absolute Gasteiger partial charge is 0.390 e. The number of aliphatic hydroxyl groups excluding tert-OH is 1. The lowest BCUT2D eigenvalue weighted by molar-refractivity contribution is 0.276. The van der Waals surface area contributed by atoms with Crippen LogP contribution in [0.15, 0.2) is 18.2 Å². The van der Waals surface area contributed by atoms with E-state index in [1.807, 2.05) is 6.07 Å². The number of pyridine rings is 1. The summed E-state index contributed by atoms with van der Waals surface area (Å²) in [5, 5.41) is 17.0. The van der Waals surface area contributed by atoms with Gasteiger partial charge in [-0.25, -0.2) is 0 Å². The predicted molar refractivity (Wildman–Crippen MR) is 39.5 cm³/mol. The van der Waals surface area contributed by atoms with Crippen LogP contribution < -0.4 is 0 Å². The highest BCUT2D eigenvalue weighted by Crippen LogP contribution is 1.99. The number of aliphatic hydroxyl groups is 1. The first-order chi connectivity index (χ1) is 5.36. The van der Waals surface area contributed by atoms with Crippen LogP contribution in [0, 0.1) is 11.3 Å². The molecule has 0 unspecified atom stereocenters. The molecule has 3 heteroatoms. The standard InChI is InChI=1S/C8H8N2O/c9-5-4-7-2-1-3-8(6-11)10-7/h1-3,11H,4,6H2. The molecule has 0 aromatic carbocycles. The minimum absolute atomic E-state index is 0.0702. The van der Waals surface area contributed by atoms with Gasteiger partial charge in [-0.1, -0.05) is 6.07 Å². The summed E-state index contributed by atoms with van der Waals surface area (Å²) < 4.78 is 0. The predicted octanol–water partition coefficient (Wildman–Crippen LogP) is 0.640. The van der Waals surface area contributed by atoms with Crippen LogP contribution in [0.2, 0.25) is 0 Å². The molecule has 0 amide bonds. The summed E-state index contributed by atoms with van der Waals surface area (Å²) >= 11 is 0. The summed E-state index contributed by atoms with van der Waals surface area (Å²) in [6.45, 7) is -0.0702. The van der Waals surface area contributed by atoms with Crippen molar-refractivity contribution in [2.24, 2.45) is 0 Å². The first kappa shape index (κ1) is 7.70. The second-order valence-electron chi connectivity index (χ2n) is 2.11. The first-order valence-corrected chi connectivity index (χ1v) is 3.29. The van der Waals surface area contributed by atoms with Crippen LogP contribution in [0.25, 0.3) is 0 Å². The monoisotopic (exact) mass is 148 g/mol. The third-order valence-corrected chi connectivity index (χ3v) is 1.29. The van der Waals surface area contributed by atoms with Gasteiger partial charge < -0.3 is 5.11 Å². The van der Waals surface area contributed by atoms with E-state index in [1.165, 1.54) is 0 Å². The van der Waals surface area contributed by atoms with Gasteiger partial charge in [0.2, 0.25) is 0 Å². The van der Waals surface area contributed by atoms with Crippen molar-refractivity contribution in [2.45, 2.75) is 13.0 Å². The smallest absolute Gasteiger partial charge is 0.0853 e. The van der Waals surface area contributed by atoms with Gasteiger partial charge in [-0.05, 0) is 12.1 Å². The van der Waals surface area contributed by atoms with Crippen molar-refractivity contribution in [1.29, 1.82) is 5.26 Å². The fourth-order valence-corrected chi connectivity index (χ4v) is 0.797. The van der Waals surface area contributed by atoms with Crippen LogP contribution in [-0.2, 0) is 13.0 Å². The molecule has 0 aliphatic heterocycles. The summed E-state index contributed by atoms with van der Waals surface area (Å²) in [4.78, 5) is 4.01. The highest BCUT2D eigenvalue weighted by molar-refractivity contribution is 5.13. The van der Waals surface area contributed by atoms with Crippen molar-refractivity contribution >= 4 is 0 Å². The Bertz CT molecular complexity index is 278. The summed E-state index contributed by atoms with van der Waals surface area (Å²) in [6.07, 6.45) is 0.299. The Morgan fingerprint density at radius 1 is 1.45 bits per heavy atom. The number of rotatable bonds is 2. The molecule has 0 bridgehead atoms. The fourth-order valence-electron chi connectivity index (χ4n) is 0.797. The lowest BCUT2D eigenvalue weighted by Gasteiger charge is -1.96. The van der Waals surface area contributed by atoms with Gasteiger partial charge in [0.1, 0.15) is 0 Å². The number of nitriles is 1. The zero-order valence-corrected chi connectivity index (χ0v) is 5.99. The minimum atomic E-state index is -0.0702. The molecule has 1 N–H and O–H groups in total. The third-order valence-electron chi connectivity index (χ3n) is 1.29. The summed E-state index contributed by atoms with van der Waals surface area (Å²) in [5.41, 5.74) is 1.32. The van der Waals surface area contributed by atoms with Crippen molar-refractivity contribution < 1.29 is 5.11 Å². The second-order valence-corrected chi connectivity index (χ2v) is 2.11. The Morgan fingerprint density at radius 2 is 2.18 bits per heavy atom. The molecular weight excluding hydrogens is 140 g/mol. The Balaban J connectivity index is 2.84. The van der Waals surface area contributed by atoms with E-state index in [9.17, 15) is 0 Å². The maximum absolute atomic E-state index is 8.68. The SMILES string of the molecule is N#CCc1cccc(CO)n1. The van der Waals surface area contributed by atoms with E-state index in [0.29, 0.717) is 17.8 Å². The van der Waals surface area contributed by atoms with Gasteiger partial charge in [0.05, 0.1) is 30.5 Å². The molecule has 1 aromatic heterocycles. The maximum atomic E-state index is 8.68. The number of aromatic nitrogens is 1. The van der Waals surface area contributed by atoms with E-state index in [1.54, 1.807) is 18.2 Å². The number of nitrogens with zero attached hydrogens (tertiary/aromatic N) is 2. The van der Waals surface area contributed by atoms with Gasteiger partial charge >= 0.3 is 0 Å². The van der Waals surface area contributed by atoms with E-state index < -0.39 is 0 Å². The van der Waals surface area contributed by atoms with Crippen LogP contribution in [-0.4, -0.2) is 10.1 Å². The molecule has 0 saturated carbocycles. The normalized spacial score (nSPS) is 9.09. The quantitative estimate of drug-likeness (QED) is 0.669. The van der Waals surface area contributed by atoms with E-state index in [0.717, 1.165) is 0 Å². The zero-order chi connectivity index (χ0) is 8.10. The van der Waals surface area contributed by atoms with Gasteiger partial charge in [0.15, 0.2) is 0 Å². The van der Waals surface area contributed by atoms with Crippen molar-refractivity contribution in [1.82, 2.24) is 4.98 Å². The molecule has 0 saturated heterocycles. The Labute approximate surface area is 64.9 Å². The third kappa shape index (κ3) is 2.03. The van der Waals surface area contributed by atoms with Crippen molar-refractivity contribution in [3.63, 3.8) is 0 Å². The van der Waals surface area contributed by atoms with E-state index in [2.05, 4.69) is 4.98 Å².